The first kappa shape index (κ1) is 19.0. The van der Waals surface area contributed by atoms with Gasteiger partial charge in [0.25, 0.3) is 6.43 Å². The highest BCUT2D eigenvalue weighted by Crippen LogP contribution is 2.39. The first-order chi connectivity index (χ1) is 18.6. The molecule has 1 aliphatic carbocycles. The van der Waals surface area contributed by atoms with Gasteiger partial charge in [0.15, 0.2) is 6.61 Å². The van der Waals surface area contributed by atoms with Crippen LogP contribution in [0.4, 0.5) is 30.8 Å². The van der Waals surface area contributed by atoms with E-state index in [-0.39, 0.29) is 24.0 Å². The molecule has 4 aromatic rings. The summed E-state index contributed by atoms with van der Waals surface area (Å²) in [6, 6.07) is 14.7. The standard InChI is InChI=1S/C26H23F2N5O3/c1-35-21-8-5-19(6-9-21)33-25-16(2-11-24(29-25)36-15-23(27)28)13-31(26(33)34)20-7-10-22-17(12-20)14-32(30-22)18-3-4-18/h2,5-12,14,18,23H,3-4,13,15H2,1H3/i1D3. The SMILES string of the molecule is [2H]C([2H])([2H])Oc1ccc(N2C(=O)N(c3ccc4nn(C5CC5)cc4c3)Cc3ccc(OCC(F)F)nc32)cc1. The van der Waals surface area contributed by atoms with Crippen molar-refractivity contribution >= 4 is 34.1 Å². The lowest BCUT2D eigenvalue weighted by molar-refractivity contribution is 0.0796. The van der Waals surface area contributed by atoms with Crippen LogP contribution >= 0.6 is 0 Å². The number of halogens is 2. The Balaban J connectivity index is 1.38. The zero-order chi connectivity index (χ0) is 27.3. The number of amides is 2. The van der Waals surface area contributed by atoms with E-state index in [1.807, 2.05) is 29.1 Å². The lowest BCUT2D eigenvalue weighted by Gasteiger charge is -2.36. The molecule has 0 saturated heterocycles. The van der Waals surface area contributed by atoms with Crippen molar-refractivity contribution in [2.75, 3.05) is 23.4 Å². The smallest absolute Gasteiger partial charge is 0.335 e. The third-order valence-electron chi connectivity index (χ3n) is 6.20. The molecule has 1 fully saturated rings. The zero-order valence-corrected chi connectivity index (χ0v) is 19.0. The summed E-state index contributed by atoms with van der Waals surface area (Å²) in [5, 5.41) is 5.53. The second kappa shape index (κ2) is 8.78. The molecule has 2 aliphatic rings. The maximum atomic E-state index is 13.9. The number of carbonyl (C=O) groups is 1. The summed E-state index contributed by atoms with van der Waals surface area (Å²) in [7, 11) is -2.63. The third kappa shape index (κ3) is 4.08. The van der Waals surface area contributed by atoms with Crippen molar-refractivity contribution in [3.63, 3.8) is 0 Å². The van der Waals surface area contributed by atoms with Gasteiger partial charge in [0.05, 0.1) is 34.9 Å². The van der Waals surface area contributed by atoms with Gasteiger partial charge >= 0.3 is 6.03 Å². The van der Waals surface area contributed by atoms with Crippen LogP contribution < -0.4 is 19.3 Å². The first-order valence-electron chi connectivity index (χ1n) is 13.0. The molecule has 1 saturated carbocycles. The fourth-order valence-electron chi connectivity index (χ4n) is 4.28. The molecule has 0 N–H and O–H groups in total. The van der Waals surface area contributed by atoms with E-state index in [1.54, 1.807) is 11.0 Å². The minimum Gasteiger partial charge on any atom is -0.497 e. The molecule has 0 spiro atoms. The van der Waals surface area contributed by atoms with E-state index in [9.17, 15) is 13.6 Å². The molecule has 3 heterocycles. The van der Waals surface area contributed by atoms with E-state index in [0.717, 1.165) is 23.7 Å². The van der Waals surface area contributed by atoms with Gasteiger partial charge in [0.2, 0.25) is 5.88 Å². The van der Waals surface area contributed by atoms with Crippen molar-refractivity contribution in [2.24, 2.45) is 0 Å². The van der Waals surface area contributed by atoms with Crippen molar-refractivity contribution in [2.45, 2.75) is 31.9 Å². The van der Waals surface area contributed by atoms with Crippen LogP contribution in [0.1, 0.15) is 28.6 Å². The number of anilines is 3. The maximum Gasteiger partial charge on any atom is 0.335 e. The Morgan fingerprint density at radius 2 is 1.92 bits per heavy atom. The van der Waals surface area contributed by atoms with Crippen LogP contribution in [0.3, 0.4) is 0 Å². The Kier molecular flexibility index (Phi) is 4.64. The second-order valence-electron chi connectivity index (χ2n) is 8.72. The lowest BCUT2D eigenvalue weighted by atomic mass is 10.1. The van der Waals surface area contributed by atoms with E-state index >= 15 is 0 Å². The molecule has 36 heavy (non-hydrogen) atoms. The Bertz CT molecular complexity index is 1540. The number of alkyl halides is 2. The minimum absolute atomic E-state index is 0.0448. The van der Waals surface area contributed by atoms with Crippen molar-refractivity contribution in [1.29, 1.82) is 0 Å². The highest BCUT2D eigenvalue weighted by molar-refractivity contribution is 6.10. The van der Waals surface area contributed by atoms with Gasteiger partial charge < -0.3 is 9.47 Å². The fourth-order valence-corrected chi connectivity index (χ4v) is 4.28. The molecule has 0 bridgehead atoms. The minimum atomic E-state index is -2.68. The van der Waals surface area contributed by atoms with Crippen molar-refractivity contribution in [1.82, 2.24) is 14.8 Å². The number of carbonyl (C=O) groups excluding carboxylic acids is 1. The monoisotopic (exact) mass is 494 g/mol. The van der Waals surface area contributed by atoms with Crippen LogP contribution in [0.2, 0.25) is 0 Å². The molecule has 0 radical (unpaired) electrons. The highest BCUT2D eigenvalue weighted by Gasteiger charge is 2.34. The molecule has 8 nitrogen and oxygen atoms in total. The van der Waals surface area contributed by atoms with Crippen LogP contribution in [0, 0.1) is 0 Å². The second-order valence-corrected chi connectivity index (χ2v) is 8.72. The largest absolute Gasteiger partial charge is 0.497 e. The molecule has 0 unspecified atom stereocenters. The number of benzene rings is 2. The lowest BCUT2D eigenvalue weighted by Crippen LogP contribution is -2.45. The molecule has 2 aromatic carbocycles. The fraction of sp³-hybridized carbons (Fsp3) is 0.269. The summed E-state index contributed by atoms with van der Waals surface area (Å²) in [4.78, 5) is 21.2. The van der Waals surface area contributed by atoms with Gasteiger partial charge in [0.1, 0.15) is 11.6 Å². The average molecular weight is 495 g/mol. The summed E-state index contributed by atoms with van der Waals surface area (Å²) >= 11 is 0. The Hall–Kier alpha value is -4.21. The van der Waals surface area contributed by atoms with Gasteiger partial charge in [-0.05, 0) is 61.4 Å². The number of rotatable bonds is 7. The van der Waals surface area contributed by atoms with Crippen molar-refractivity contribution in [3.8, 4) is 11.6 Å². The van der Waals surface area contributed by atoms with Crippen molar-refractivity contribution < 1.29 is 27.2 Å². The topological polar surface area (TPSA) is 72.7 Å². The van der Waals surface area contributed by atoms with Gasteiger partial charge in [-0.15, -0.1) is 0 Å². The van der Waals surface area contributed by atoms with Gasteiger partial charge in [-0.3, -0.25) is 9.58 Å². The summed E-state index contributed by atoms with van der Waals surface area (Å²) in [6.45, 7) is -0.642. The molecule has 10 heteroatoms. The molecule has 6 rings (SSSR count). The predicted molar refractivity (Wildman–Crippen MR) is 130 cm³/mol. The average Bonchev–Trinajstić information content (AvgIpc) is 3.65. The molecule has 1 aliphatic heterocycles. The van der Waals surface area contributed by atoms with E-state index < -0.39 is 26.1 Å². The number of nitrogens with zero attached hydrogens (tertiary/aromatic N) is 5. The molecule has 2 aromatic heterocycles. The molecule has 0 atom stereocenters. The predicted octanol–water partition coefficient (Wildman–Crippen LogP) is 5.70. The van der Waals surface area contributed by atoms with Crippen LogP contribution in [-0.2, 0) is 6.54 Å². The maximum absolute atomic E-state index is 13.9. The number of methoxy groups -OCH3 is 1. The summed E-state index contributed by atoms with van der Waals surface area (Å²) in [5.74, 6) is 0.284. The quantitative estimate of drug-likeness (QED) is 0.330. The van der Waals surface area contributed by atoms with Gasteiger partial charge in [-0.2, -0.15) is 10.1 Å². The number of urea groups is 1. The number of fused-ring (bicyclic) bond motifs is 2. The van der Waals surface area contributed by atoms with E-state index in [4.69, 9.17) is 13.6 Å². The van der Waals surface area contributed by atoms with Crippen molar-refractivity contribution in [3.05, 3.63) is 66.4 Å². The van der Waals surface area contributed by atoms with Crippen LogP contribution in [0.5, 0.6) is 11.6 Å². The zero-order valence-electron chi connectivity index (χ0n) is 22.0. The number of aromatic nitrogens is 3. The number of hydrogen-bond acceptors (Lipinski definition) is 5. The summed E-state index contributed by atoms with van der Waals surface area (Å²) in [5.41, 5.74) is 2.53. The van der Waals surface area contributed by atoms with Gasteiger partial charge in [-0.1, -0.05) is 0 Å². The molecule has 2 amide bonds. The van der Waals surface area contributed by atoms with Gasteiger partial charge in [0, 0.05) is 28.9 Å². The third-order valence-corrected chi connectivity index (χ3v) is 6.20. The van der Waals surface area contributed by atoms with Gasteiger partial charge in [-0.25, -0.2) is 18.5 Å². The van der Waals surface area contributed by atoms with E-state index in [1.165, 1.54) is 35.2 Å². The Morgan fingerprint density at radius 3 is 2.67 bits per heavy atom. The molecular formula is C26H23F2N5O3. The summed E-state index contributed by atoms with van der Waals surface area (Å²) in [6.07, 6.45) is 1.50. The summed E-state index contributed by atoms with van der Waals surface area (Å²) < 4.78 is 59.4. The van der Waals surface area contributed by atoms with Crippen LogP contribution in [0.15, 0.2) is 60.8 Å². The Labute approximate surface area is 209 Å². The first-order valence-corrected chi connectivity index (χ1v) is 11.5. The number of ether oxygens (including phenoxy) is 2. The normalized spacial score (nSPS) is 17.1. The molecular weight excluding hydrogens is 468 g/mol. The Morgan fingerprint density at radius 1 is 1.11 bits per heavy atom. The number of pyridine rings is 1. The molecule has 184 valence electrons. The van der Waals surface area contributed by atoms with E-state index in [0.29, 0.717) is 23.0 Å². The highest BCUT2D eigenvalue weighted by atomic mass is 19.3. The number of hydrogen-bond donors (Lipinski definition) is 0. The van der Waals surface area contributed by atoms with E-state index in [2.05, 4.69) is 10.1 Å². The van der Waals surface area contributed by atoms with Crippen LogP contribution in [0.25, 0.3) is 10.9 Å². The van der Waals surface area contributed by atoms with Crippen LogP contribution in [-0.4, -0.2) is 40.9 Å².